The Morgan fingerprint density at radius 2 is 1.55 bits per heavy atom. The summed E-state index contributed by atoms with van der Waals surface area (Å²) in [5, 5.41) is 4.77. The first kappa shape index (κ1) is 13.4. The number of aromatic nitrogens is 1. The van der Waals surface area contributed by atoms with Crippen molar-refractivity contribution in [3.8, 4) is 0 Å². The molecule has 2 heterocycles. The van der Waals surface area contributed by atoms with E-state index >= 15 is 0 Å². The standard InChI is InChI=1S/C8H5ClS.C7H5NOS/c9-7-5-10-8-4-2-1-3-6(7)8;9-7-5-3-1-2-4-6(5)10-8-7/h1-5H;1-4H,(H,8,9). The molecule has 2 aromatic heterocycles. The van der Waals surface area contributed by atoms with E-state index in [-0.39, 0.29) is 5.56 Å². The van der Waals surface area contributed by atoms with Crippen LogP contribution >= 0.6 is 34.5 Å². The van der Waals surface area contributed by atoms with Gasteiger partial charge in [0, 0.05) is 15.5 Å². The zero-order chi connectivity index (χ0) is 13.9. The van der Waals surface area contributed by atoms with E-state index in [1.807, 2.05) is 47.8 Å². The Morgan fingerprint density at radius 3 is 2.25 bits per heavy atom. The molecule has 0 radical (unpaired) electrons. The second kappa shape index (κ2) is 5.79. The summed E-state index contributed by atoms with van der Waals surface area (Å²) in [6.45, 7) is 0. The van der Waals surface area contributed by atoms with Gasteiger partial charge in [-0.05, 0) is 18.2 Å². The molecule has 0 aliphatic carbocycles. The van der Waals surface area contributed by atoms with Crippen LogP contribution in [-0.2, 0) is 0 Å². The number of H-pyrrole nitrogens is 1. The van der Waals surface area contributed by atoms with Crippen molar-refractivity contribution >= 4 is 54.6 Å². The topological polar surface area (TPSA) is 32.9 Å². The Bertz CT molecular complexity index is 906. The lowest BCUT2D eigenvalue weighted by Crippen LogP contribution is -1.94. The zero-order valence-electron chi connectivity index (χ0n) is 10.3. The molecule has 0 amide bonds. The summed E-state index contributed by atoms with van der Waals surface area (Å²) >= 11 is 8.94. The highest BCUT2D eigenvalue weighted by Crippen LogP contribution is 2.28. The van der Waals surface area contributed by atoms with Crippen molar-refractivity contribution in [1.29, 1.82) is 0 Å². The monoisotopic (exact) mass is 319 g/mol. The third-order valence-electron chi connectivity index (χ3n) is 2.82. The van der Waals surface area contributed by atoms with E-state index in [4.69, 9.17) is 11.6 Å². The Balaban J connectivity index is 0.000000121. The van der Waals surface area contributed by atoms with Crippen LogP contribution in [0.15, 0.2) is 58.7 Å². The highest BCUT2D eigenvalue weighted by Gasteiger charge is 1.97. The van der Waals surface area contributed by atoms with Gasteiger partial charge in [-0.2, -0.15) is 0 Å². The predicted molar refractivity (Wildman–Crippen MR) is 89.3 cm³/mol. The number of nitrogens with one attached hydrogen (secondary N) is 1. The molecule has 100 valence electrons. The number of hydrogen-bond acceptors (Lipinski definition) is 3. The van der Waals surface area contributed by atoms with Crippen LogP contribution in [0.3, 0.4) is 0 Å². The quantitative estimate of drug-likeness (QED) is 0.478. The number of thiophene rings is 1. The summed E-state index contributed by atoms with van der Waals surface area (Å²) in [5.41, 5.74) is 0.0144. The van der Waals surface area contributed by atoms with Gasteiger partial charge < -0.3 is 0 Å². The number of benzene rings is 2. The van der Waals surface area contributed by atoms with Crippen LogP contribution in [-0.4, -0.2) is 4.37 Å². The normalized spacial score (nSPS) is 10.4. The van der Waals surface area contributed by atoms with Crippen LogP contribution in [0.1, 0.15) is 0 Å². The number of aromatic amines is 1. The number of hydrogen-bond donors (Lipinski definition) is 1. The van der Waals surface area contributed by atoms with Gasteiger partial charge in [0.25, 0.3) is 5.56 Å². The second-order valence-corrected chi connectivity index (χ2v) is 6.28. The third-order valence-corrected chi connectivity index (χ3v) is 5.09. The van der Waals surface area contributed by atoms with Gasteiger partial charge >= 0.3 is 0 Å². The van der Waals surface area contributed by atoms with Gasteiger partial charge in [-0.15, -0.1) is 11.3 Å². The number of fused-ring (bicyclic) bond motifs is 2. The van der Waals surface area contributed by atoms with Gasteiger partial charge in [-0.25, -0.2) is 0 Å². The summed E-state index contributed by atoms with van der Waals surface area (Å²) in [4.78, 5) is 10.9. The molecule has 0 aliphatic heterocycles. The van der Waals surface area contributed by atoms with Crippen LogP contribution < -0.4 is 5.56 Å². The smallest absolute Gasteiger partial charge is 0.265 e. The van der Waals surface area contributed by atoms with Gasteiger partial charge in [0.2, 0.25) is 0 Å². The average molecular weight is 320 g/mol. The van der Waals surface area contributed by atoms with Crippen molar-refractivity contribution in [1.82, 2.24) is 4.37 Å². The minimum atomic E-state index is 0.0144. The molecule has 1 N–H and O–H groups in total. The summed E-state index contributed by atoms with van der Waals surface area (Å²) in [5.74, 6) is 0. The Kier molecular flexibility index (Phi) is 3.87. The summed E-state index contributed by atoms with van der Waals surface area (Å²) in [7, 11) is 0. The second-order valence-electron chi connectivity index (χ2n) is 4.11. The van der Waals surface area contributed by atoms with E-state index < -0.39 is 0 Å². The maximum absolute atomic E-state index is 10.9. The van der Waals surface area contributed by atoms with Crippen molar-refractivity contribution in [2.45, 2.75) is 0 Å². The van der Waals surface area contributed by atoms with E-state index in [1.165, 1.54) is 16.2 Å². The maximum Gasteiger partial charge on any atom is 0.265 e. The zero-order valence-corrected chi connectivity index (χ0v) is 12.7. The fourth-order valence-corrected chi connectivity index (χ4v) is 3.75. The summed E-state index contributed by atoms with van der Waals surface area (Å²) in [6.07, 6.45) is 0. The first-order valence-electron chi connectivity index (χ1n) is 5.93. The molecule has 2 aromatic carbocycles. The molecular formula is C15H10ClNOS2. The van der Waals surface area contributed by atoms with Crippen molar-refractivity contribution in [2.24, 2.45) is 0 Å². The molecule has 0 unspecified atom stereocenters. The molecular weight excluding hydrogens is 310 g/mol. The van der Waals surface area contributed by atoms with Gasteiger partial charge in [0.15, 0.2) is 0 Å². The molecule has 0 atom stereocenters. The average Bonchev–Trinajstić information content (AvgIpc) is 3.05. The van der Waals surface area contributed by atoms with Gasteiger partial charge in [0.05, 0.1) is 15.1 Å². The van der Waals surface area contributed by atoms with Crippen LogP contribution in [0.2, 0.25) is 5.02 Å². The van der Waals surface area contributed by atoms with Crippen molar-refractivity contribution in [3.05, 3.63) is 69.3 Å². The molecule has 5 heteroatoms. The van der Waals surface area contributed by atoms with E-state index in [0.29, 0.717) is 0 Å². The fourth-order valence-electron chi connectivity index (χ4n) is 1.84. The van der Waals surface area contributed by atoms with Crippen LogP contribution in [0, 0.1) is 0 Å². The molecule has 0 saturated carbocycles. The predicted octanol–water partition coefficient (Wildman–Crippen LogP) is 5.14. The van der Waals surface area contributed by atoms with Crippen LogP contribution in [0.25, 0.3) is 20.2 Å². The van der Waals surface area contributed by atoms with Crippen molar-refractivity contribution in [2.75, 3.05) is 0 Å². The maximum atomic E-state index is 10.9. The Morgan fingerprint density at radius 1 is 0.900 bits per heavy atom. The van der Waals surface area contributed by atoms with Crippen molar-refractivity contribution < 1.29 is 0 Å². The number of halogens is 1. The van der Waals surface area contributed by atoms with E-state index in [1.54, 1.807) is 11.3 Å². The molecule has 0 aliphatic rings. The Labute approximate surface area is 128 Å². The minimum absolute atomic E-state index is 0.0144. The SMILES string of the molecule is Clc1csc2ccccc12.O=c1[nH]sc2ccccc12. The van der Waals surface area contributed by atoms with E-state index in [9.17, 15) is 4.79 Å². The van der Waals surface area contributed by atoms with Gasteiger partial charge in [-0.3, -0.25) is 9.17 Å². The molecule has 0 spiro atoms. The molecule has 4 rings (SSSR count). The largest absolute Gasteiger partial charge is 0.277 e. The highest BCUT2D eigenvalue weighted by molar-refractivity contribution is 7.17. The molecule has 2 nitrogen and oxygen atoms in total. The van der Waals surface area contributed by atoms with Crippen LogP contribution in [0.5, 0.6) is 0 Å². The number of rotatable bonds is 0. The first-order chi connectivity index (χ1) is 9.75. The highest BCUT2D eigenvalue weighted by atomic mass is 35.5. The van der Waals surface area contributed by atoms with E-state index in [2.05, 4.69) is 10.4 Å². The lowest BCUT2D eigenvalue weighted by molar-refractivity contribution is 1.46. The summed E-state index contributed by atoms with van der Waals surface area (Å²) in [6, 6.07) is 15.7. The minimum Gasteiger partial charge on any atom is -0.277 e. The van der Waals surface area contributed by atoms with E-state index in [0.717, 1.165) is 20.5 Å². The molecule has 4 aromatic rings. The third kappa shape index (κ3) is 2.63. The first-order valence-corrected chi connectivity index (χ1v) is 8.01. The lowest BCUT2D eigenvalue weighted by Gasteiger charge is -1.85. The van der Waals surface area contributed by atoms with Crippen LogP contribution in [0.4, 0.5) is 0 Å². The fraction of sp³-hybridized carbons (Fsp3) is 0. The molecule has 20 heavy (non-hydrogen) atoms. The molecule has 0 fully saturated rings. The van der Waals surface area contributed by atoms with Crippen molar-refractivity contribution in [3.63, 3.8) is 0 Å². The lowest BCUT2D eigenvalue weighted by atomic mass is 10.3. The summed E-state index contributed by atoms with van der Waals surface area (Å²) < 4.78 is 4.94. The molecule has 0 saturated heterocycles. The Hall–Kier alpha value is -1.62. The molecule has 0 bridgehead atoms. The van der Waals surface area contributed by atoms with Gasteiger partial charge in [-0.1, -0.05) is 53.5 Å². The van der Waals surface area contributed by atoms with Gasteiger partial charge in [0.1, 0.15) is 0 Å².